The van der Waals surface area contributed by atoms with Gasteiger partial charge in [-0.05, 0) is 30.5 Å². The number of hydrogen-bond acceptors (Lipinski definition) is 3. The highest BCUT2D eigenvalue weighted by molar-refractivity contribution is 5.85. The predicted molar refractivity (Wildman–Crippen MR) is 78.8 cm³/mol. The Bertz CT molecular complexity index is 803. The molecule has 2 heterocycles. The van der Waals surface area contributed by atoms with E-state index in [4.69, 9.17) is 0 Å². The van der Waals surface area contributed by atoms with Crippen LogP contribution in [0.4, 0.5) is 8.78 Å². The Labute approximate surface area is 135 Å². The zero-order valence-electron chi connectivity index (χ0n) is 11.9. The largest absolute Gasteiger partial charge is 0.480 e. The number of aryl methyl sites for hydroxylation is 1. The van der Waals surface area contributed by atoms with E-state index < -0.39 is 29.3 Å². The molecule has 0 bridgehead atoms. The van der Waals surface area contributed by atoms with E-state index in [1.165, 1.54) is 10.6 Å². The van der Waals surface area contributed by atoms with Gasteiger partial charge in [-0.25, -0.2) is 23.1 Å². The Morgan fingerprint density at radius 2 is 2.09 bits per heavy atom. The third kappa shape index (κ3) is 3.12. The van der Waals surface area contributed by atoms with Crippen LogP contribution in [0.15, 0.2) is 23.0 Å². The molecule has 1 aromatic heterocycles. The average molecular weight is 346 g/mol. The van der Waals surface area contributed by atoms with E-state index in [0.29, 0.717) is 30.7 Å². The molecule has 3 rings (SSSR count). The lowest BCUT2D eigenvalue weighted by atomic mass is 10.1. The normalized spacial score (nSPS) is 16.5. The van der Waals surface area contributed by atoms with Gasteiger partial charge in [0.2, 0.25) is 0 Å². The fraction of sp³-hybridized carbons (Fsp3) is 0.357. The number of fused-ring (bicyclic) bond motifs is 1. The lowest BCUT2D eigenvalue weighted by molar-refractivity contribution is -0.141. The highest BCUT2D eigenvalue weighted by atomic mass is 35.5. The number of hydrogen-bond donors (Lipinski definition) is 1. The molecule has 0 fully saturated rings. The predicted octanol–water partition coefficient (Wildman–Crippen LogP) is 1.76. The molecule has 0 amide bonds. The molecule has 0 spiro atoms. The minimum absolute atomic E-state index is 0. The Morgan fingerprint density at radius 3 is 2.74 bits per heavy atom. The number of carboxylic acid groups (broad SMARTS) is 1. The van der Waals surface area contributed by atoms with E-state index in [2.05, 4.69) is 5.10 Å². The summed E-state index contributed by atoms with van der Waals surface area (Å²) in [5.74, 6) is -2.63. The Morgan fingerprint density at radius 1 is 1.35 bits per heavy atom. The lowest BCUT2D eigenvalue weighted by Gasteiger charge is -2.19. The van der Waals surface area contributed by atoms with Crippen LogP contribution in [0.3, 0.4) is 0 Å². The summed E-state index contributed by atoms with van der Waals surface area (Å²) in [7, 11) is 0. The maximum atomic E-state index is 13.2. The van der Waals surface area contributed by atoms with Crippen molar-refractivity contribution in [2.24, 2.45) is 0 Å². The fourth-order valence-electron chi connectivity index (χ4n) is 2.68. The van der Waals surface area contributed by atoms with Crippen LogP contribution in [0, 0.1) is 11.6 Å². The molecule has 124 valence electrons. The summed E-state index contributed by atoms with van der Waals surface area (Å²) in [5, 5.41) is 13.3. The monoisotopic (exact) mass is 345 g/mol. The molecule has 6 nitrogen and oxygen atoms in total. The Hall–Kier alpha value is -2.22. The molecule has 0 unspecified atom stereocenters. The third-order valence-electron chi connectivity index (χ3n) is 3.73. The van der Waals surface area contributed by atoms with E-state index in [9.17, 15) is 23.5 Å². The molecule has 0 saturated heterocycles. The number of carboxylic acids is 1. The molecule has 0 saturated carbocycles. The minimum atomic E-state index is -1.07. The van der Waals surface area contributed by atoms with Gasteiger partial charge >= 0.3 is 11.7 Å². The quantitative estimate of drug-likeness (QED) is 0.919. The van der Waals surface area contributed by atoms with Crippen molar-refractivity contribution in [1.29, 1.82) is 0 Å². The summed E-state index contributed by atoms with van der Waals surface area (Å²) in [6.07, 6.45) is 1.53. The van der Waals surface area contributed by atoms with Gasteiger partial charge in [0.25, 0.3) is 0 Å². The van der Waals surface area contributed by atoms with Gasteiger partial charge in [-0.3, -0.25) is 4.57 Å². The first-order valence-corrected chi connectivity index (χ1v) is 6.82. The van der Waals surface area contributed by atoms with Gasteiger partial charge in [0.05, 0.1) is 6.54 Å². The summed E-state index contributed by atoms with van der Waals surface area (Å²) in [6.45, 7) is -0.0393. The summed E-state index contributed by atoms with van der Waals surface area (Å²) in [6, 6.07) is 2.41. The number of aromatic nitrogens is 3. The molecule has 1 aliphatic rings. The zero-order chi connectivity index (χ0) is 15.9. The summed E-state index contributed by atoms with van der Waals surface area (Å²) >= 11 is 0. The van der Waals surface area contributed by atoms with E-state index in [0.717, 1.165) is 16.8 Å². The smallest absolute Gasteiger partial charge is 0.347 e. The maximum absolute atomic E-state index is 13.2. The van der Waals surface area contributed by atoms with E-state index in [1.54, 1.807) is 0 Å². The molecule has 1 N–H and O–H groups in total. The molecule has 1 atom stereocenters. The van der Waals surface area contributed by atoms with Gasteiger partial charge in [-0.2, -0.15) is 5.10 Å². The second-order valence-electron chi connectivity index (χ2n) is 5.22. The van der Waals surface area contributed by atoms with E-state index in [1.807, 2.05) is 0 Å². The van der Waals surface area contributed by atoms with Gasteiger partial charge in [0, 0.05) is 6.42 Å². The van der Waals surface area contributed by atoms with Crippen molar-refractivity contribution >= 4 is 18.4 Å². The fourth-order valence-corrected chi connectivity index (χ4v) is 2.68. The van der Waals surface area contributed by atoms with Crippen LogP contribution in [-0.2, 0) is 17.8 Å². The first kappa shape index (κ1) is 17.1. The number of nitrogens with zero attached hydrogens (tertiary/aromatic N) is 3. The third-order valence-corrected chi connectivity index (χ3v) is 3.73. The lowest BCUT2D eigenvalue weighted by Crippen LogP contribution is -2.34. The molecule has 1 aliphatic heterocycles. The topological polar surface area (TPSA) is 77.1 Å². The van der Waals surface area contributed by atoms with Crippen LogP contribution in [0.5, 0.6) is 0 Å². The SMILES string of the molecule is Cl.O=C(O)[C@H]1CCCc2nn(Cc3ccc(F)c(F)c3)c(=O)n21. The molecule has 23 heavy (non-hydrogen) atoms. The summed E-state index contributed by atoms with van der Waals surface area (Å²) in [4.78, 5) is 23.5. The van der Waals surface area contributed by atoms with Crippen LogP contribution >= 0.6 is 12.4 Å². The van der Waals surface area contributed by atoms with Crippen molar-refractivity contribution in [1.82, 2.24) is 14.3 Å². The van der Waals surface area contributed by atoms with Crippen LogP contribution in [0.1, 0.15) is 30.3 Å². The first-order valence-electron chi connectivity index (χ1n) is 6.82. The molecular weight excluding hydrogens is 332 g/mol. The summed E-state index contributed by atoms with van der Waals surface area (Å²) in [5.41, 5.74) is -0.171. The highest BCUT2D eigenvalue weighted by Crippen LogP contribution is 2.22. The van der Waals surface area contributed by atoms with Gasteiger partial charge in [-0.1, -0.05) is 6.07 Å². The van der Waals surface area contributed by atoms with Gasteiger partial charge in [0.15, 0.2) is 11.6 Å². The van der Waals surface area contributed by atoms with Crippen LogP contribution in [-0.4, -0.2) is 25.4 Å². The second kappa shape index (κ2) is 6.49. The number of aliphatic carboxylic acids is 1. The Kier molecular flexibility index (Phi) is 4.84. The van der Waals surface area contributed by atoms with Crippen molar-refractivity contribution in [3.8, 4) is 0 Å². The number of rotatable bonds is 3. The molecule has 1 aromatic carbocycles. The Balaban J connectivity index is 0.00000192. The van der Waals surface area contributed by atoms with Gasteiger partial charge in [-0.15, -0.1) is 12.4 Å². The van der Waals surface area contributed by atoms with E-state index in [-0.39, 0.29) is 19.0 Å². The van der Waals surface area contributed by atoms with Gasteiger partial charge < -0.3 is 5.11 Å². The molecule has 2 aromatic rings. The average Bonchev–Trinajstić information content (AvgIpc) is 2.79. The molecule has 0 radical (unpaired) electrons. The maximum Gasteiger partial charge on any atom is 0.347 e. The van der Waals surface area contributed by atoms with Crippen molar-refractivity contribution in [2.45, 2.75) is 31.8 Å². The molecule has 0 aliphatic carbocycles. The second-order valence-corrected chi connectivity index (χ2v) is 5.22. The molecule has 9 heteroatoms. The van der Waals surface area contributed by atoms with Crippen LogP contribution in [0.25, 0.3) is 0 Å². The minimum Gasteiger partial charge on any atom is -0.480 e. The van der Waals surface area contributed by atoms with Crippen molar-refractivity contribution in [3.05, 3.63) is 51.7 Å². The molecular formula is C14H14ClF2N3O3. The van der Waals surface area contributed by atoms with Crippen LogP contribution < -0.4 is 5.69 Å². The number of benzene rings is 1. The zero-order valence-corrected chi connectivity index (χ0v) is 12.7. The van der Waals surface area contributed by atoms with Crippen molar-refractivity contribution in [3.63, 3.8) is 0 Å². The van der Waals surface area contributed by atoms with Gasteiger partial charge in [0.1, 0.15) is 11.9 Å². The van der Waals surface area contributed by atoms with Crippen molar-refractivity contribution in [2.75, 3.05) is 0 Å². The van der Waals surface area contributed by atoms with E-state index >= 15 is 0 Å². The first-order chi connectivity index (χ1) is 10.5. The van der Waals surface area contributed by atoms with Crippen molar-refractivity contribution < 1.29 is 18.7 Å². The summed E-state index contributed by atoms with van der Waals surface area (Å²) < 4.78 is 28.4. The van der Waals surface area contributed by atoms with Crippen LogP contribution in [0.2, 0.25) is 0 Å². The number of halogens is 3. The number of carbonyl (C=O) groups is 1. The standard InChI is InChI=1S/C14H13F2N3O3.ClH/c15-9-5-4-8(6-10(9)16)7-18-14(22)19-11(13(20)21)2-1-3-12(19)17-18;/h4-6,11H,1-3,7H2,(H,20,21);1H/t11-;/m1./s1. The highest BCUT2D eigenvalue weighted by Gasteiger charge is 2.30.